The maximum absolute atomic E-state index is 12.8. The van der Waals surface area contributed by atoms with E-state index in [9.17, 15) is 22.8 Å². The number of halogens is 3. The number of amides is 2. The van der Waals surface area contributed by atoms with Gasteiger partial charge in [-0.05, 0) is 49.7 Å². The van der Waals surface area contributed by atoms with E-state index in [1.165, 1.54) is 5.56 Å². The first-order valence-electron chi connectivity index (χ1n) is 9.96. The van der Waals surface area contributed by atoms with Crippen molar-refractivity contribution in [3.8, 4) is 0 Å². The normalized spacial score (nSPS) is 27.7. The fourth-order valence-electron chi connectivity index (χ4n) is 4.45. The fraction of sp³-hybridized carbons (Fsp3) is 0.619. The molecule has 1 heterocycles. The van der Waals surface area contributed by atoms with Crippen molar-refractivity contribution in [3.63, 3.8) is 0 Å². The van der Waals surface area contributed by atoms with Crippen LogP contribution in [0.15, 0.2) is 18.2 Å². The van der Waals surface area contributed by atoms with E-state index in [-0.39, 0.29) is 18.9 Å². The van der Waals surface area contributed by atoms with Crippen molar-refractivity contribution < 1.29 is 22.8 Å². The van der Waals surface area contributed by atoms with Gasteiger partial charge in [0.25, 0.3) is 0 Å². The van der Waals surface area contributed by atoms with Gasteiger partial charge < -0.3 is 10.6 Å². The van der Waals surface area contributed by atoms with Crippen LogP contribution in [0.3, 0.4) is 0 Å². The zero-order valence-electron chi connectivity index (χ0n) is 16.2. The van der Waals surface area contributed by atoms with Gasteiger partial charge in [-0.3, -0.25) is 9.59 Å². The standard InChI is InChI=1S/C21H27F3N2O2/c1-3-4-13-10-14-9-12(2)5-6-15(14)17(11-13)25-19(27)16-7-8-18(21(22,23)24)26-20(16)28/h5-6,9,13,16-18H,3-4,7-8,10-11H2,1-2H3,(H,25,27)(H,26,28). The number of benzene rings is 1. The van der Waals surface area contributed by atoms with Crippen LogP contribution < -0.4 is 10.6 Å². The molecule has 0 spiro atoms. The summed E-state index contributed by atoms with van der Waals surface area (Å²) in [5, 5.41) is 4.91. The second kappa shape index (κ2) is 8.13. The van der Waals surface area contributed by atoms with Gasteiger partial charge in [0.1, 0.15) is 12.0 Å². The van der Waals surface area contributed by atoms with Crippen LogP contribution in [0.1, 0.15) is 61.8 Å². The van der Waals surface area contributed by atoms with Crippen LogP contribution in [0.2, 0.25) is 0 Å². The SMILES string of the molecule is CCCC1Cc2cc(C)ccc2C(NC(=O)C2CCC(C(F)(F)F)NC2=O)C1. The Morgan fingerprint density at radius 1 is 1.29 bits per heavy atom. The highest BCUT2D eigenvalue weighted by Gasteiger charge is 2.46. The first-order valence-corrected chi connectivity index (χ1v) is 9.96. The molecule has 1 aromatic carbocycles. The number of aryl methyl sites for hydroxylation is 1. The molecule has 1 aromatic rings. The predicted molar refractivity (Wildman–Crippen MR) is 99.5 cm³/mol. The average molecular weight is 396 g/mol. The third-order valence-corrected chi connectivity index (χ3v) is 5.85. The summed E-state index contributed by atoms with van der Waals surface area (Å²) in [7, 11) is 0. The first kappa shape index (κ1) is 20.7. The number of hydrogen-bond donors (Lipinski definition) is 2. The average Bonchev–Trinajstić information content (AvgIpc) is 2.60. The molecule has 0 aromatic heterocycles. The van der Waals surface area contributed by atoms with Crippen LogP contribution >= 0.6 is 0 Å². The second-order valence-corrected chi connectivity index (χ2v) is 8.09. The van der Waals surface area contributed by atoms with Gasteiger partial charge >= 0.3 is 6.18 Å². The molecule has 4 nitrogen and oxygen atoms in total. The molecule has 4 atom stereocenters. The highest BCUT2D eigenvalue weighted by atomic mass is 19.4. The highest BCUT2D eigenvalue weighted by Crippen LogP contribution is 2.36. The number of carbonyl (C=O) groups excluding carboxylic acids is 2. The molecule has 0 saturated carbocycles. The van der Waals surface area contributed by atoms with E-state index in [1.54, 1.807) is 0 Å². The van der Waals surface area contributed by atoms with Crippen molar-refractivity contribution in [2.45, 2.75) is 70.6 Å². The van der Waals surface area contributed by atoms with E-state index in [4.69, 9.17) is 0 Å². The van der Waals surface area contributed by atoms with E-state index in [0.717, 1.165) is 36.8 Å². The quantitative estimate of drug-likeness (QED) is 0.757. The monoisotopic (exact) mass is 396 g/mol. The molecule has 0 radical (unpaired) electrons. The van der Waals surface area contributed by atoms with Gasteiger partial charge in [0.15, 0.2) is 0 Å². The Morgan fingerprint density at radius 2 is 2.04 bits per heavy atom. The van der Waals surface area contributed by atoms with Gasteiger partial charge in [-0.25, -0.2) is 0 Å². The predicted octanol–water partition coefficient (Wildman–Crippen LogP) is 3.97. The van der Waals surface area contributed by atoms with Gasteiger partial charge in [-0.2, -0.15) is 13.2 Å². The molecule has 3 rings (SSSR count). The summed E-state index contributed by atoms with van der Waals surface area (Å²) in [6.45, 7) is 4.16. The van der Waals surface area contributed by atoms with E-state index < -0.39 is 30.0 Å². The number of carbonyl (C=O) groups is 2. The van der Waals surface area contributed by atoms with Gasteiger partial charge in [0.2, 0.25) is 11.8 Å². The highest BCUT2D eigenvalue weighted by molar-refractivity contribution is 6.01. The maximum atomic E-state index is 12.8. The number of piperidine rings is 1. The number of fused-ring (bicyclic) bond motifs is 1. The van der Waals surface area contributed by atoms with Gasteiger partial charge in [0, 0.05) is 0 Å². The molecule has 2 N–H and O–H groups in total. The molecular weight excluding hydrogens is 369 g/mol. The molecule has 1 fully saturated rings. The zero-order valence-corrected chi connectivity index (χ0v) is 16.2. The number of hydrogen-bond acceptors (Lipinski definition) is 2. The summed E-state index contributed by atoms with van der Waals surface area (Å²) in [5.74, 6) is -1.94. The summed E-state index contributed by atoms with van der Waals surface area (Å²) >= 11 is 0. The summed E-state index contributed by atoms with van der Waals surface area (Å²) in [4.78, 5) is 24.8. The largest absolute Gasteiger partial charge is 0.408 e. The third kappa shape index (κ3) is 4.50. The molecule has 154 valence electrons. The Morgan fingerprint density at radius 3 is 2.68 bits per heavy atom. The Kier molecular flexibility index (Phi) is 6.01. The Bertz CT molecular complexity index is 748. The minimum absolute atomic E-state index is 0.0896. The number of rotatable bonds is 4. The lowest BCUT2D eigenvalue weighted by Crippen LogP contribution is -2.54. The zero-order chi connectivity index (χ0) is 20.5. The van der Waals surface area contributed by atoms with Gasteiger partial charge in [-0.15, -0.1) is 0 Å². The minimum Gasteiger partial charge on any atom is -0.349 e. The molecule has 1 saturated heterocycles. The maximum Gasteiger partial charge on any atom is 0.408 e. The molecule has 4 unspecified atom stereocenters. The van der Waals surface area contributed by atoms with Gasteiger partial charge in [-0.1, -0.05) is 43.5 Å². The summed E-state index contributed by atoms with van der Waals surface area (Å²) in [5.41, 5.74) is 3.42. The molecule has 1 aliphatic carbocycles. The molecule has 2 aliphatic rings. The lowest BCUT2D eigenvalue weighted by atomic mass is 9.78. The van der Waals surface area contributed by atoms with Crippen LogP contribution in [0.5, 0.6) is 0 Å². The van der Waals surface area contributed by atoms with Crippen molar-refractivity contribution >= 4 is 11.8 Å². The van der Waals surface area contributed by atoms with Crippen LogP contribution in [-0.4, -0.2) is 24.0 Å². The van der Waals surface area contributed by atoms with Crippen molar-refractivity contribution in [1.82, 2.24) is 10.6 Å². The van der Waals surface area contributed by atoms with E-state index >= 15 is 0 Å². The van der Waals surface area contributed by atoms with Crippen LogP contribution in [0, 0.1) is 18.8 Å². The smallest absolute Gasteiger partial charge is 0.349 e. The van der Waals surface area contributed by atoms with Crippen molar-refractivity contribution in [2.24, 2.45) is 11.8 Å². The molecule has 0 bridgehead atoms. The lowest BCUT2D eigenvalue weighted by molar-refractivity contribution is -0.171. The van der Waals surface area contributed by atoms with Crippen LogP contribution in [0.4, 0.5) is 13.2 Å². The third-order valence-electron chi connectivity index (χ3n) is 5.85. The Balaban J connectivity index is 1.72. The Hall–Kier alpha value is -2.05. The molecule has 7 heteroatoms. The van der Waals surface area contributed by atoms with E-state index in [2.05, 4.69) is 18.3 Å². The molecular formula is C21H27F3N2O2. The van der Waals surface area contributed by atoms with Crippen molar-refractivity contribution in [1.29, 1.82) is 0 Å². The molecule has 2 amide bonds. The van der Waals surface area contributed by atoms with E-state index in [1.807, 2.05) is 24.4 Å². The summed E-state index contributed by atoms with van der Waals surface area (Å²) < 4.78 is 38.4. The second-order valence-electron chi connectivity index (χ2n) is 8.09. The van der Waals surface area contributed by atoms with E-state index in [0.29, 0.717) is 5.92 Å². The lowest BCUT2D eigenvalue weighted by Gasteiger charge is -2.34. The number of alkyl halides is 3. The van der Waals surface area contributed by atoms with Crippen LogP contribution in [0.25, 0.3) is 0 Å². The molecule has 28 heavy (non-hydrogen) atoms. The number of nitrogens with one attached hydrogen (secondary N) is 2. The van der Waals surface area contributed by atoms with Crippen molar-refractivity contribution in [2.75, 3.05) is 0 Å². The van der Waals surface area contributed by atoms with Crippen molar-refractivity contribution in [3.05, 3.63) is 34.9 Å². The summed E-state index contributed by atoms with van der Waals surface area (Å²) in [6.07, 6.45) is -0.985. The molecule has 1 aliphatic heterocycles. The fourth-order valence-corrected chi connectivity index (χ4v) is 4.45. The minimum atomic E-state index is -4.48. The summed E-state index contributed by atoms with van der Waals surface area (Å²) in [6, 6.07) is 4.08. The first-order chi connectivity index (χ1) is 13.2. The Labute approximate surface area is 163 Å². The van der Waals surface area contributed by atoms with Gasteiger partial charge in [0.05, 0.1) is 6.04 Å². The van der Waals surface area contributed by atoms with Crippen LogP contribution in [-0.2, 0) is 16.0 Å². The topological polar surface area (TPSA) is 58.2 Å².